The van der Waals surface area contributed by atoms with Crippen LogP contribution >= 0.6 is 0 Å². The van der Waals surface area contributed by atoms with E-state index in [0.29, 0.717) is 18.1 Å². The van der Waals surface area contributed by atoms with Gasteiger partial charge in [0.25, 0.3) is 0 Å². The molecule has 82 valence electrons. The Morgan fingerprint density at radius 2 is 2.33 bits per heavy atom. The fourth-order valence-electron chi connectivity index (χ4n) is 1.08. The molecular formula is C10H15N3O2. The minimum atomic E-state index is -0.0503. The first-order valence-corrected chi connectivity index (χ1v) is 4.59. The van der Waals surface area contributed by atoms with Crippen LogP contribution in [0.4, 0.5) is 0 Å². The van der Waals surface area contributed by atoms with Crippen LogP contribution in [0.2, 0.25) is 0 Å². The van der Waals surface area contributed by atoms with E-state index in [9.17, 15) is 0 Å². The molecule has 0 radical (unpaired) electrons. The van der Waals surface area contributed by atoms with Gasteiger partial charge < -0.3 is 15.2 Å². The Morgan fingerprint density at radius 1 is 1.60 bits per heavy atom. The van der Waals surface area contributed by atoms with Crippen molar-refractivity contribution in [2.45, 2.75) is 13.0 Å². The Labute approximate surface area is 88.7 Å². The standard InChI is InChI=1S/C10H15N3O2/c1-7(6-14-2)15-9-4-3-8(5-13-9)10(11)12/h3-5,7H,6H2,1-2H3,(H3,11,12). The summed E-state index contributed by atoms with van der Waals surface area (Å²) in [5, 5.41) is 7.19. The van der Waals surface area contributed by atoms with Crippen molar-refractivity contribution in [1.82, 2.24) is 4.98 Å². The number of pyridine rings is 1. The topological polar surface area (TPSA) is 81.2 Å². The Bertz CT molecular complexity index is 324. The molecule has 1 atom stereocenters. The zero-order valence-corrected chi connectivity index (χ0v) is 8.86. The molecule has 0 saturated heterocycles. The molecule has 0 saturated carbocycles. The Balaban J connectivity index is 2.60. The molecule has 0 aliphatic heterocycles. The lowest BCUT2D eigenvalue weighted by molar-refractivity contribution is 0.0890. The number of rotatable bonds is 5. The molecule has 5 heteroatoms. The average molecular weight is 209 g/mol. The number of hydrogen-bond acceptors (Lipinski definition) is 4. The second kappa shape index (κ2) is 5.31. The van der Waals surface area contributed by atoms with Crippen LogP contribution in [0.5, 0.6) is 5.88 Å². The first-order valence-electron chi connectivity index (χ1n) is 4.59. The van der Waals surface area contributed by atoms with E-state index in [2.05, 4.69) is 4.98 Å². The van der Waals surface area contributed by atoms with E-state index < -0.39 is 0 Å². The molecule has 0 bridgehead atoms. The minimum absolute atomic E-state index is 0.000935. The number of nitrogens with zero attached hydrogens (tertiary/aromatic N) is 1. The maximum atomic E-state index is 7.19. The van der Waals surface area contributed by atoms with Crippen molar-refractivity contribution in [3.63, 3.8) is 0 Å². The van der Waals surface area contributed by atoms with Gasteiger partial charge in [-0.05, 0) is 13.0 Å². The molecule has 3 N–H and O–H groups in total. The van der Waals surface area contributed by atoms with Gasteiger partial charge in [0.15, 0.2) is 0 Å². The van der Waals surface area contributed by atoms with Crippen molar-refractivity contribution in [2.24, 2.45) is 5.73 Å². The van der Waals surface area contributed by atoms with Gasteiger partial charge in [0, 0.05) is 24.9 Å². The quantitative estimate of drug-likeness (QED) is 0.554. The Morgan fingerprint density at radius 3 is 2.80 bits per heavy atom. The van der Waals surface area contributed by atoms with E-state index in [1.807, 2.05) is 6.92 Å². The molecule has 0 aliphatic carbocycles. The average Bonchev–Trinajstić information content (AvgIpc) is 2.18. The summed E-state index contributed by atoms with van der Waals surface area (Å²) < 4.78 is 10.4. The number of ether oxygens (including phenoxy) is 2. The Hall–Kier alpha value is -1.62. The van der Waals surface area contributed by atoms with Crippen molar-refractivity contribution < 1.29 is 9.47 Å². The van der Waals surface area contributed by atoms with Gasteiger partial charge >= 0.3 is 0 Å². The van der Waals surface area contributed by atoms with E-state index in [4.69, 9.17) is 20.6 Å². The number of hydrogen-bond donors (Lipinski definition) is 2. The van der Waals surface area contributed by atoms with E-state index in [1.165, 1.54) is 6.20 Å². The molecule has 1 rings (SSSR count). The molecule has 1 unspecified atom stereocenters. The summed E-state index contributed by atoms with van der Waals surface area (Å²) in [7, 11) is 1.62. The van der Waals surface area contributed by atoms with E-state index >= 15 is 0 Å². The smallest absolute Gasteiger partial charge is 0.213 e. The third-order valence-corrected chi connectivity index (χ3v) is 1.77. The fourth-order valence-corrected chi connectivity index (χ4v) is 1.08. The van der Waals surface area contributed by atoms with Crippen molar-refractivity contribution in [3.8, 4) is 5.88 Å². The molecule has 1 aromatic rings. The van der Waals surface area contributed by atoms with Crippen LogP contribution in [-0.4, -0.2) is 30.6 Å². The van der Waals surface area contributed by atoms with Gasteiger partial charge in [0.1, 0.15) is 11.9 Å². The van der Waals surface area contributed by atoms with Crippen molar-refractivity contribution in [2.75, 3.05) is 13.7 Å². The van der Waals surface area contributed by atoms with Crippen LogP contribution in [0.15, 0.2) is 18.3 Å². The minimum Gasteiger partial charge on any atom is -0.472 e. The summed E-state index contributed by atoms with van der Waals surface area (Å²) in [5.74, 6) is 0.503. The summed E-state index contributed by atoms with van der Waals surface area (Å²) in [6.45, 7) is 2.40. The molecule has 0 spiro atoms. The first-order chi connectivity index (χ1) is 7.13. The molecule has 0 amide bonds. The van der Waals surface area contributed by atoms with Crippen LogP contribution in [0, 0.1) is 5.41 Å². The number of methoxy groups -OCH3 is 1. The van der Waals surface area contributed by atoms with E-state index in [1.54, 1.807) is 19.2 Å². The molecule has 0 aliphatic rings. The highest BCUT2D eigenvalue weighted by Gasteiger charge is 2.04. The Kier molecular flexibility index (Phi) is 4.05. The van der Waals surface area contributed by atoms with Gasteiger partial charge in [-0.1, -0.05) is 0 Å². The van der Waals surface area contributed by atoms with Gasteiger partial charge in [0.2, 0.25) is 5.88 Å². The predicted octanol–water partition coefficient (Wildman–Crippen LogP) is 0.779. The summed E-state index contributed by atoms with van der Waals surface area (Å²) in [6, 6.07) is 3.38. The molecular weight excluding hydrogens is 194 g/mol. The van der Waals surface area contributed by atoms with Gasteiger partial charge in [0.05, 0.1) is 6.61 Å². The van der Waals surface area contributed by atoms with Crippen LogP contribution < -0.4 is 10.5 Å². The maximum Gasteiger partial charge on any atom is 0.213 e. The lowest BCUT2D eigenvalue weighted by Crippen LogP contribution is -2.18. The molecule has 5 nitrogen and oxygen atoms in total. The number of nitrogen functional groups attached to an aromatic ring is 1. The third-order valence-electron chi connectivity index (χ3n) is 1.77. The number of nitrogens with two attached hydrogens (primary N) is 1. The highest BCUT2D eigenvalue weighted by atomic mass is 16.5. The molecule has 1 heterocycles. The predicted molar refractivity (Wildman–Crippen MR) is 57.2 cm³/mol. The lowest BCUT2D eigenvalue weighted by Gasteiger charge is -2.12. The normalized spacial score (nSPS) is 12.1. The summed E-state index contributed by atoms with van der Waals surface area (Å²) >= 11 is 0. The summed E-state index contributed by atoms with van der Waals surface area (Å²) in [4.78, 5) is 4.02. The zero-order valence-electron chi connectivity index (χ0n) is 8.86. The van der Waals surface area contributed by atoms with Crippen molar-refractivity contribution in [3.05, 3.63) is 23.9 Å². The van der Waals surface area contributed by atoms with Crippen molar-refractivity contribution >= 4 is 5.84 Å². The van der Waals surface area contributed by atoms with E-state index in [-0.39, 0.29) is 11.9 Å². The largest absolute Gasteiger partial charge is 0.472 e. The number of nitrogens with one attached hydrogen (secondary N) is 1. The first kappa shape index (κ1) is 11.5. The fraction of sp³-hybridized carbons (Fsp3) is 0.400. The maximum absolute atomic E-state index is 7.19. The van der Waals surface area contributed by atoms with Crippen molar-refractivity contribution in [1.29, 1.82) is 5.41 Å². The monoisotopic (exact) mass is 209 g/mol. The summed E-state index contributed by atoms with van der Waals surface area (Å²) in [6.07, 6.45) is 1.46. The SMILES string of the molecule is COCC(C)Oc1ccc(C(=N)N)cn1. The second-order valence-electron chi connectivity index (χ2n) is 3.18. The second-order valence-corrected chi connectivity index (χ2v) is 3.18. The van der Waals surface area contributed by atoms with Crippen LogP contribution in [0.3, 0.4) is 0 Å². The highest BCUT2D eigenvalue weighted by Crippen LogP contribution is 2.09. The van der Waals surface area contributed by atoms with Crippen LogP contribution in [-0.2, 0) is 4.74 Å². The number of aromatic nitrogens is 1. The van der Waals surface area contributed by atoms with Gasteiger partial charge in [-0.15, -0.1) is 0 Å². The van der Waals surface area contributed by atoms with Gasteiger partial charge in [-0.3, -0.25) is 5.41 Å². The molecule has 1 aromatic heterocycles. The van der Waals surface area contributed by atoms with Crippen LogP contribution in [0.1, 0.15) is 12.5 Å². The van der Waals surface area contributed by atoms with Gasteiger partial charge in [-0.25, -0.2) is 4.98 Å². The van der Waals surface area contributed by atoms with E-state index in [0.717, 1.165) is 0 Å². The van der Waals surface area contributed by atoms with Gasteiger partial charge in [-0.2, -0.15) is 0 Å². The molecule has 0 aromatic carbocycles. The number of amidine groups is 1. The molecule has 15 heavy (non-hydrogen) atoms. The lowest BCUT2D eigenvalue weighted by atomic mass is 10.3. The summed E-state index contributed by atoms with van der Waals surface area (Å²) in [5.41, 5.74) is 5.88. The third kappa shape index (κ3) is 3.55. The highest BCUT2D eigenvalue weighted by molar-refractivity contribution is 5.94. The zero-order chi connectivity index (χ0) is 11.3. The molecule has 0 fully saturated rings. The van der Waals surface area contributed by atoms with Crippen LogP contribution in [0.25, 0.3) is 0 Å².